The van der Waals surface area contributed by atoms with Crippen LogP contribution in [0.2, 0.25) is 0 Å². The van der Waals surface area contributed by atoms with Crippen LogP contribution in [0.1, 0.15) is 30.3 Å². The molecule has 1 N–H and O–H groups in total. The van der Waals surface area contributed by atoms with Gasteiger partial charge >= 0.3 is 0 Å². The van der Waals surface area contributed by atoms with Crippen molar-refractivity contribution < 1.29 is 5.11 Å². The van der Waals surface area contributed by atoms with E-state index in [9.17, 15) is 0 Å². The number of aliphatic hydroxyl groups is 1. The second-order valence-corrected chi connectivity index (χ2v) is 4.62. The zero-order valence-corrected chi connectivity index (χ0v) is 11.8. The molecular formula is C14H25N3O. The quantitative estimate of drug-likeness (QED) is 0.717. The van der Waals surface area contributed by atoms with Gasteiger partial charge in [-0.2, -0.15) is 5.10 Å². The Kier molecular flexibility index (Phi) is 6.09. The molecule has 0 spiro atoms. The lowest BCUT2D eigenvalue weighted by molar-refractivity contribution is 0.203. The molecule has 0 amide bonds. The van der Waals surface area contributed by atoms with Gasteiger partial charge in [0.15, 0.2) is 0 Å². The number of nitrogens with zero attached hydrogens (tertiary/aromatic N) is 3. The van der Waals surface area contributed by atoms with Crippen molar-refractivity contribution in [3.05, 3.63) is 29.6 Å². The maximum atomic E-state index is 9.07. The fourth-order valence-electron chi connectivity index (χ4n) is 2.17. The number of aryl methyl sites for hydroxylation is 2. The van der Waals surface area contributed by atoms with Gasteiger partial charge in [0, 0.05) is 37.4 Å². The predicted molar refractivity (Wildman–Crippen MR) is 74.6 cm³/mol. The summed E-state index contributed by atoms with van der Waals surface area (Å²) in [6.07, 6.45) is 2.96. The standard InChI is InChI=1S/C14H25N3O/c1-5-7-16(9-10-18)11-14-12(3)15-17(8-6-2)13(14)4/h5,18H,1,6-11H2,2-4H3. The van der Waals surface area contributed by atoms with Crippen LogP contribution in [-0.4, -0.2) is 39.5 Å². The first-order chi connectivity index (χ1) is 8.63. The van der Waals surface area contributed by atoms with Crippen molar-refractivity contribution in [1.82, 2.24) is 14.7 Å². The van der Waals surface area contributed by atoms with Crippen molar-refractivity contribution in [3.63, 3.8) is 0 Å². The molecule has 18 heavy (non-hydrogen) atoms. The summed E-state index contributed by atoms with van der Waals surface area (Å²) in [7, 11) is 0. The Labute approximate surface area is 110 Å². The molecule has 1 aromatic rings. The third kappa shape index (κ3) is 3.68. The molecule has 102 valence electrons. The number of aliphatic hydroxyl groups excluding tert-OH is 1. The molecule has 0 unspecified atom stereocenters. The zero-order chi connectivity index (χ0) is 13.5. The van der Waals surface area contributed by atoms with Crippen LogP contribution >= 0.6 is 0 Å². The van der Waals surface area contributed by atoms with Crippen molar-refractivity contribution >= 4 is 0 Å². The Morgan fingerprint density at radius 1 is 1.44 bits per heavy atom. The average molecular weight is 251 g/mol. The van der Waals surface area contributed by atoms with Crippen molar-refractivity contribution in [2.75, 3.05) is 19.7 Å². The molecule has 0 aliphatic carbocycles. The van der Waals surface area contributed by atoms with Gasteiger partial charge in [0.05, 0.1) is 12.3 Å². The van der Waals surface area contributed by atoms with E-state index in [-0.39, 0.29) is 6.61 Å². The molecule has 0 aliphatic heterocycles. The lowest BCUT2D eigenvalue weighted by Crippen LogP contribution is -2.27. The summed E-state index contributed by atoms with van der Waals surface area (Å²) in [5.41, 5.74) is 3.60. The largest absolute Gasteiger partial charge is 0.395 e. The molecule has 0 aromatic carbocycles. The normalized spacial score (nSPS) is 11.2. The van der Waals surface area contributed by atoms with Gasteiger partial charge in [0.1, 0.15) is 0 Å². The van der Waals surface area contributed by atoms with Gasteiger partial charge in [-0.1, -0.05) is 13.0 Å². The van der Waals surface area contributed by atoms with Gasteiger partial charge in [-0.25, -0.2) is 0 Å². The van der Waals surface area contributed by atoms with E-state index in [1.54, 1.807) is 0 Å². The summed E-state index contributed by atoms with van der Waals surface area (Å²) in [6.45, 7) is 13.5. The van der Waals surface area contributed by atoms with Gasteiger partial charge in [-0.15, -0.1) is 6.58 Å². The number of aromatic nitrogens is 2. The minimum absolute atomic E-state index is 0.176. The van der Waals surface area contributed by atoms with Crippen LogP contribution in [0.3, 0.4) is 0 Å². The highest BCUT2D eigenvalue weighted by atomic mass is 16.3. The third-order valence-electron chi connectivity index (χ3n) is 3.15. The summed E-state index contributed by atoms with van der Waals surface area (Å²) in [6, 6.07) is 0. The van der Waals surface area contributed by atoms with Crippen LogP contribution in [0.5, 0.6) is 0 Å². The summed E-state index contributed by atoms with van der Waals surface area (Å²) in [4.78, 5) is 2.18. The van der Waals surface area contributed by atoms with Gasteiger partial charge in [0.25, 0.3) is 0 Å². The van der Waals surface area contributed by atoms with Gasteiger partial charge < -0.3 is 5.11 Å². The molecular weight excluding hydrogens is 226 g/mol. The molecule has 0 fully saturated rings. The maximum Gasteiger partial charge on any atom is 0.0641 e. The van der Waals surface area contributed by atoms with Crippen molar-refractivity contribution in [1.29, 1.82) is 0 Å². The van der Waals surface area contributed by atoms with Crippen molar-refractivity contribution in [2.45, 2.75) is 40.3 Å². The molecule has 0 atom stereocenters. The van der Waals surface area contributed by atoms with E-state index < -0.39 is 0 Å². The summed E-state index contributed by atoms with van der Waals surface area (Å²) < 4.78 is 2.08. The second kappa shape index (κ2) is 7.34. The van der Waals surface area contributed by atoms with E-state index in [0.29, 0.717) is 6.54 Å². The fraction of sp³-hybridized carbons (Fsp3) is 0.643. The first-order valence-electron chi connectivity index (χ1n) is 6.61. The Bertz CT molecular complexity index is 385. The fourth-order valence-corrected chi connectivity index (χ4v) is 2.17. The molecule has 0 saturated carbocycles. The van der Waals surface area contributed by atoms with Crippen LogP contribution in [0.4, 0.5) is 0 Å². The van der Waals surface area contributed by atoms with Crippen LogP contribution in [0, 0.1) is 13.8 Å². The summed E-state index contributed by atoms with van der Waals surface area (Å²) in [5, 5.41) is 13.6. The topological polar surface area (TPSA) is 41.3 Å². The highest BCUT2D eigenvalue weighted by Crippen LogP contribution is 2.16. The van der Waals surface area contributed by atoms with E-state index >= 15 is 0 Å². The van der Waals surface area contributed by atoms with Gasteiger partial charge in [-0.05, 0) is 20.3 Å². The SMILES string of the molecule is C=CCN(CCO)Cc1c(C)nn(CCC)c1C. The van der Waals surface area contributed by atoms with E-state index in [1.165, 1.54) is 11.3 Å². The van der Waals surface area contributed by atoms with E-state index in [4.69, 9.17) is 5.11 Å². The van der Waals surface area contributed by atoms with E-state index in [2.05, 4.69) is 42.0 Å². The Morgan fingerprint density at radius 2 is 2.17 bits per heavy atom. The van der Waals surface area contributed by atoms with E-state index in [0.717, 1.165) is 31.7 Å². The monoisotopic (exact) mass is 251 g/mol. The van der Waals surface area contributed by atoms with Gasteiger partial charge in [0.2, 0.25) is 0 Å². The zero-order valence-electron chi connectivity index (χ0n) is 11.8. The predicted octanol–water partition coefficient (Wildman–Crippen LogP) is 1.89. The highest BCUT2D eigenvalue weighted by molar-refractivity contribution is 5.24. The summed E-state index contributed by atoms with van der Waals surface area (Å²) >= 11 is 0. The maximum absolute atomic E-state index is 9.07. The minimum Gasteiger partial charge on any atom is -0.395 e. The van der Waals surface area contributed by atoms with Crippen LogP contribution in [-0.2, 0) is 13.1 Å². The molecule has 4 heteroatoms. The molecule has 0 radical (unpaired) electrons. The molecule has 0 aliphatic rings. The number of hydrogen-bond donors (Lipinski definition) is 1. The molecule has 4 nitrogen and oxygen atoms in total. The smallest absolute Gasteiger partial charge is 0.0641 e. The van der Waals surface area contributed by atoms with Crippen LogP contribution in [0.15, 0.2) is 12.7 Å². The summed E-state index contributed by atoms with van der Waals surface area (Å²) in [5.74, 6) is 0. The average Bonchev–Trinajstić information content (AvgIpc) is 2.58. The van der Waals surface area contributed by atoms with Gasteiger partial charge in [-0.3, -0.25) is 9.58 Å². The van der Waals surface area contributed by atoms with Crippen LogP contribution < -0.4 is 0 Å². The lowest BCUT2D eigenvalue weighted by atomic mass is 10.2. The first-order valence-corrected chi connectivity index (χ1v) is 6.61. The van der Waals surface area contributed by atoms with E-state index in [1.807, 2.05) is 6.08 Å². The van der Waals surface area contributed by atoms with Crippen molar-refractivity contribution in [3.8, 4) is 0 Å². The Balaban J connectivity index is 2.84. The number of rotatable bonds is 8. The molecule has 0 bridgehead atoms. The van der Waals surface area contributed by atoms with Crippen LogP contribution in [0.25, 0.3) is 0 Å². The minimum atomic E-state index is 0.176. The molecule has 1 heterocycles. The first kappa shape index (κ1) is 14.9. The second-order valence-electron chi connectivity index (χ2n) is 4.62. The molecule has 1 rings (SSSR count). The third-order valence-corrected chi connectivity index (χ3v) is 3.15. The van der Waals surface area contributed by atoms with Crippen molar-refractivity contribution in [2.24, 2.45) is 0 Å². The lowest BCUT2D eigenvalue weighted by Gasteiger charge is -2.19. The molecule has 1 aromatic heterocycles. The molecule has 0 saturated heterocycles. The highest BCUT2D eigenvalue weighted by Gasteiger charge is 2.13. The Morgan fingerprint density at radius 3 is 2.72 bits per heavy atom. The Hall–Kier alpha value is -1.13. The number of hydrogen-bond acceptors (Lipinski definition) is 3.